The van der Waals surface area contributed by atoms with Crippen LogP contribution in [-0.2, 0) is 13.2 Å². The van der Waals surface area contributed by atoms with Gasteiger partial charge >= 0.3 is 0 Å². The number of carbonyl (C=O) groups is 1. The van der Waals surface area contributed by atoms with Gasteiger partial charge in [-0.15, -0.1) is 0 Å². The molecular formula is C27H30N2O3. The summed E-state index contributed by atoms with van der Waals surface area (Å²) in [5.74, 6) is 1.50. The highest BCUT2D eigenvalue weighted by Gasteiger charge is 2.18. The highest BCUT2D eigenvalue weighted by molar-refractivity contribution is 5.94. The molecule has 32 heavy (non-hydrogen) atoms. The molecule has 5 nitrogen and oxygen atoms in total. The molecule has 0 saturated carbocycles. The van der Waals surface area contributed by atoms with Crippen molar-refractivity contribution in [2.45, 2.75) is 32.1 Å². The summed E-state index contributed by atoms with van der Waals surface area (Å²) in [5.41, 5.74) is 2.73. The van der Waals surface area contributed by atoms with Crippen molar-refractivity contribution < 1.29 is 14.3 Å². The Morgan fingerprint density at radius 2 is 1.62 bits per heavy atom. The minimum Gasteiger partial charge on any atom is -0.490 e. The van der Waals surface area contributed by atoms with Gasteiger partial charge in [-0.1, -0.05) is 42.5 Å². The normalized spacial score (nSPS) is 14.7. The lowest BCUT2D eigenvalue weighted by Gasteiger charge is -2.29. The summed E-state index contributed by atoms with van der Waals surface area (Å²) in [6.45, 7) is 3.09. The Morgan fingerprint density at radius 3 is 2.38 bits per heavy atom. The molecule has 0 aliphatic carbocycles. The number of likely N-dealkylation sites (tertiary alicyclic amines) is 1. The third-order valence-corrected chi connectivity index (χ3v) is 5.68. The molecular weight excluding hydrogens is 400 g/mol. The summed E-state index contributed by atoms with van der Waals surface area (Å²) in [7, 11) is 2.14. The number of rotatable bonds is 8. The molecule has 0 unspecified atom stereocenters. The second-order valence-corrected chi connectivity index (χ2v) is 8.25. The minimum atomic E-state index is -0.110. The van der Waals surface area contributed by atoms with Crippen molar-refractivity contribution in [1.82, 2.24) is 10.2 Å². The van der Waals surface area contributed by atoms with E-state index in [-0.39, 0.29) is 12.0 Å². The summed E-state index contributed by atoms with van der Waals surface area (Å²) in [5, 5.41) is 2.99. The number of carbonyl (C=O) groups excluding carboxylic acids is 1. The van der Waals surface area contributed by atoms with Crippen LogP contribution in [0.3, 0.4) is 0 Å². The molecule has 1 aliphatic rings. The van der Waals surface area contributed by atoms with E-state index in [0.29, 0.717) is 18.7 Å². The van der Waals surface area contributed by atoms with Crippen LogP contribution in [0, 0.1) is 0 Å². The minimum absolute atomic E-state index is 0.110. The maximum atomic E-state index is 12.6. The molecule has 1 amide bonds. The maximum absolute atomic E-state index is 12.6. The molecule has 1 saturated heterocycles. The fourth-order valence-corrected chi connectivity index (χ4v) is 3.75. The Bertz CT molecular complexity index is 997. The van der Waals surface area contributed by atoms with Crippen LogP contribution in [0.4, 0.5) is 0 Å². The first kappa shape index (κ1) is 21.9. The van der Waals surface area contributed by atoms with E-state index in [1.807, 2.05) is 66.7 Å². The van der Waals surface area contributed by atoms with E-state index >= 15 is 0 Å². The number of nitrogens with zero attached hydrogens (tertiary/aromatic N) is 1. The lowest BCUT2D eigenvalue weighted by molar-refractivity contribution is 0.0950. The lowest BCUT2D eigenvalue weighted by Crippen LogP contribution is -2.35. The Kier molecular flexibility index (Phi) is 7.41. The molecule has 5 heteroatoms. The molecule has 3 aromatic carbocycles. The zero-order valence-corrected chi connectivity index (χ0v) is 18.5. The average Bonchev–Trinajstić information content (AvgIpc) is 2.84. The van der Waals surface area contributed by atoms with Crippen molar-refractivity contribution in [1.29, 1.82) is 0 Å². The van der Waals surface area contributed by atoms with E-state index in [9.17, 15) is 4.79 Å². The second kappa shape index (κ2) is 10.8. The van der Waals surface area contributed by atoms with Crippen LogP contribution in [0.1, 0.15) is 34.3 Å². The van der Waals surface area contributed by atoms with Gasteiger partial charge in [-0.3, -0.25) is 4.79 Å². The molecule has 0 aromatic heterocycles. The summed E-state index contributed by atoms with van der Waals surface area (Å²) < 4.78 is 11.9. The van der Waals surface area contributed by atoms with Gasteiger partial charge in [0.15, 0.2) is 0 Å². The molecule has 0 radical (unpaired) electrons. The summed E-state index contributed by atoms with van der Waals surface area (Å²) in [6.07, 6.45) is 2.35. The zero-order chi connectivity index (χ0) is 22.2. The standard InChI is InChI=1S/C27H30N2O3/c1-29-16-14-25(15-17-29)32-26-9-5-8-22(18-26)19-28-27(30)23-10-12-24(13-11-23)31-20-21-6-3-2-4-7-21/h2-13,18,25H,14-17,19-20H2,1H3,(H,28,30). The number of hydrogen-bond donors (Lipinski definition) is 1. The lowest BCUT2D eigenvalue weighted by atomic mass is 10.1. The van der Waals surface area contributed by atoms with Crippen molar-refractivity contribution >= 4 is 5.91 Å². The molecule has 1 heterocycles. The topological polar surface area (TPSA) is 50.8 Å². The molecule has 1 N–H and O–H groups in total. The highest BCUT2D eigenvalue weighted by Crippen LogP contribution is 2.20. The van der Waals surface area contributed by atoms with Crippen molar-refractivity contribution in [2.75, 3.05) is 20.1 Å². The van der Waals surface area contributed by atoms with E-state index in [4.69, 9.17) is 9.47 Å². The predicted molar refractivity (Wildman–Crippen MR) is 126 cm³/mol. The van der Waals surface area contributed by atoms with Gasteiger partial charge in [-0.2, -0.15) is 0 Å². The van der Waals surface area contributed by atoms with Gasteiger partial charge in [0.25, 0.3) is 5.91 Å². The number of piperidine rings is 1. The molecule has 4 rings (SSSR count). The van der Waals surface area contributed by atoms with Gasteiger partial charge in [-0.05, 0) is 67.4 Å². The average molecular weight is 431 g/mol. The molecule has 3 aromatic rings. The fraction of sp³-hybridized carbons (Fsp3) is 0.296. The molecule has 0 bridgehead atoms. The smallest absolute Gasteiger partial charge is 0.251 e. The number of hydrogen-bond acceptors (Lipinski definition) is 4. The van der Waals surface area contributed by atoms with Crippen molar-refractivity contribution in [3.8, 4) is 11.5 Å². The van der Waals surface area contributed by atoms with Gasteiger partial charge in [0.05, 0.1) is 0 Å². The molecule has 1 aliphatic heterocycles. The number of benzene rings is 3. The number of amides is 1. The van der Waals surface area contributed by atoms with Crippen molar-refractivity contribution in [3.05, 3.63) is 95.6 Å². The Morgan fingerprint density at radius 1 is 0.906 bits per heavy atom. The van der Waals surface area contributed by atoms with Gasteiger partial charge in [-0.25, -0.2) is 0 Å². The number of ether oxygens (including phenoxy) is 2. The monoisotopic (exact) mass is 430 g/mol. The molecule has 0 atom stereocenters. The van der Waals surface area contributed by atoms with E-state index < -0.39 is 0 Å². The SMILES string of the molecule is CN1CCC(Oc2cccc(CNC(=O)c3ccc(OCc4ccccc4)cc3)c2)CC1. The van der Waals surface area contributed by atoms with Crippen LogP contribution in [-0.4, -0.2) is 37.0 Å². The van der Waals surface area contributed by atoms with Crippen molar-refractivity contribution in [2.24, 2.45) is 0 Å². The van der Waals surface area contributed by atoms with E-state index in [2.05, 4.69) is 17.3 Å². The fourth-order valence-electron chi connectivity index (χ4n) is 3.75. The van der Waals surface area contributed by atoms with E-state index in [1.54, 1.807) is 12.1 Å². The summed E-state index contributed by atoms with van der Waals surface area (Å²) in [4.78, 5) is 14.9. The molecule has 1 fully saturated rings. The Hall–Kier alpha value is -3.31. The third-order valence-electron chi connectivity index (χ3n) is 5.68. The van der Waals surface area contributed by atoms with Crippen LogP contribution in [0.25, 0.3) is 0 Å². The Balaban J connectivity index is 1.26. The molecule has 0 spiro atoms. The van der Waals surface area contributed by atoms with E-state index in [1.165, 1.54) is 0 Å². The maximum Gasteiger partial charge on any atom is 0.251 e. The quantitative estimate of drug-likeness (QED) is 0.564. The van der Waals surface area contributed by atoms with Gasteiger partial charge in [0, 0.05) is 25.2 Å². The van der Waals surface area contributed by atoms with Crippen LogP contribution in [0.15, 0.2) is 78.9 Å². The predicted octanol–water partition coefficient (Wildman–Crippen LogP) is 4.67. The van der Waals surface area contributed by atoms with Crippen molar-refractivity contribution in [3.63, 3.8) is 0 Å². The second-order valence-electron chi connectivity index (χ2n) is 8.25. The van der Waals surface area contributed by atoms with Crippen LogP contribution in [0.5, 0.6) is 11.5 Å². The largest absolute Gasteiger partial charge is 0.490 e. The van der Waals surface area contributed by atoms with Gasteiger partial charge < -0.3 is 19.7 Å². The summed E-state index contributed by atoms with van der Waals surface area (Å²) in [6, 6.07) is 25.2. The zero-order valence-electron chi connectivity index (χ0n) is 18.5. The first-order valence-electron chi connectivity index (χ1n) is 11.1. The highest BCUT2D eigenvalue weighted by atomic mass is 16.5. The Labute approximate surface area is 190 Å². The number of nitrogens with one attached hydrogen (secondary N) is 1. The van der Waals surface area contributed by atoms with Gasteiger partial charge in [0.2, 0.25) is 0 Å². The molecule has 166 valence electrons. The van der Waals surface area contributed by atoms with E-state index in [0.717, 1.165) is 48.6 Å². The third kappa shape index (κ3) is 6.34. The first-order valence-corrected chi connectivity index (χ1v) is 11.1. The van der Waals surface area contributed by atoms with Crippen LogP contribution in [0.2, 0.25) is 0 Å². The van der Waals surface area contributed by atoms with Gasteiger partial charge in [0.1, 0.15) is 24.2 Å². The van der Waals surface area contributed by atoms with Crippen LogP contribution < -0.4 is 14.8 Å². The first-order chi connectivity index (χ1) is 15.7. The van der Waals surface area contributed by atoms with Crippen LogP contribution >= 0.6 is 0 Å². The summed E-state index contributed by atoms with van der Waals surface area (Å²) >= 11 is 0.